The number of carbonyl (C=O) groups is 2. The largest absolute Gasteiger partial charge is 0.503 e. The molecule has 4 aromatic rings. The lowest BCUT2D eigenvalue weighted by Gasteiger charge is -2.26. The molecule has 1 aliphatic rings. The van der Waals surface area contributed by atoms with Gasteiger partial charge in [-0.15, -0.1) is 22.7 Å². The number of aryl methyl sites for hydroxylation is 2. The number of carbonyl (C=O) groups excluding carboxylic acids is 2. The Morgan fingerprint density at radius 2 is 1.70 bits per heavy atom. The van der Waals surface area contributed by atoms with Gasteiger partial charge in [0.25, 0.3) is 5.91 Å². The van der Waals surface area contributed by atoms with Gasteiger partial charge in [0.05, 0.1) is 21.7 Å². The van der Waals surface area contributed by atoms with Crippen LogP contribution in [0, 0.1) is 13.8 Å². The van der Waals surface area contributed by atoms with Crippen molar-refractivity contribution in [2.75, 3.05) is 4.90 Å². The summed E-state index contributed by atoms with van der Waals surface area (Å²) in [7, 11) is 0. The second kappa shape index (κ2) is 9.28. The van der Waals surface area contributed by atoms with Gasteiger partial charge in [-0.1, -0.05) is 30.3 Å². The molecule has 1 atom stereocenters. The van der Waals surface area contributed by atoms with Crippen molar-refractivity contribution in [1.29, 1.82) is 0 Å². The maximum absolute atomic E-state index is 13.9. The van der Waals surface area contributed by atoms with E-state index >= 15 is 0 Å². The first-order valence-corrected chi connectivity index (χ1v) is 12.8. The number of rotatable bonds is 5. The molecule has 10 heteroatoms. The fourth-order valence-electron chi connectivity index (χ4n) is 4.26. The first kappa shape index (κ1) is 24.9. The minimum absolute atomic E-state index is 0.123. The number of Topliss-reactive ketones (excluding diaryl/α,β-unsaturated/α-hetero) is 1. The lowest BCUT2D eigenvalue weighted by molar-refractivity contribution is -0.137. The summed E-state index contributed by atoms with van der Waals surface area (Å²) in [5, 5.41) is 13.4. The number of hydrogen-bond acceptors (Lipinski definition) is 6. The smallest absolute Gasteiger partial charge is 0.416 e. The summed E-state index contributed by atoms with van der Waals surface area (Å²) in [6, 6.07) is 14.2. The van der Waals surface area contributed by atoms with Crippen LogP contribution in [-0.4, -0.2) is 21.8 Å². The number of alkyl halides is 3. The highest BCUT2D eigenvalue weighted by atomic mass is 32.1. The molecule has 1 unspecified atom stereocenters. The van der Waals surface area contributed by atoms with E-state index in [-0.39, 0.29) is 16.1 Å². The van der Waals surface area contributed by atoms with Crippen molar-refractivity contribution < 1.29 is 27.9 Å². The Balaban J connectivity index is 1.60. The molecule has 0 radical (unpaired) electrons. The van der Waals surface area contributed by atoms with Crippen molar-refractivity contribution in [1.82, 2.24) is 4.98 Å². The number of anilines is 1. The summed E-state index contributed by atoms with van der Waals surface area (Å²) in [6.45, 7) is 3.49. The van der Waals surface area contributed by atoms with Gasteiger partial charge in [-0.2, -0.15) is 13.2 Å². The second-order valence-corrected chi connectivity index (χ2v) is 10.4. The third-order valence-corrected chi connectivity index (χ3v) is 8.38. The number of nitrogens with zero attached hydrogens (tertiary/aromatic N) is 2. The highest BCUT2D eigenvalue weighted by molar-refractivity contribution is 7.17. The van der Waals surface area contributed by atoms with E-state index in [0.29, 0.717) is 15.6 Å². The normalized spacial score (nSPS) is 16.1. The number of benzene rings is 2. The van der Waals surface area contributed by atoms with Gasteiger partial charge in [-0.05, 0) is 55.1 Å². The molecule has 188 valence electrons. The van der Waals surface area contributed by atoms with Crippen LogP contribution < -0.4 is 4.90 Å². The molecule has 1 aliphatic heterocycles. The van der Waals surface area contributed by atoms with Gasteiger partial charge < -0.3 is 5.11 Å². The Morgan fingerprint density at radius 1 is 1.03 bits per heavy atom. The highest BCUT2D eigenvalue weighted by Gasteiger charge is 2.46. The van der Waals surface area contributed by atoms with Crippen molar-refractivity contribution in [2.45, 2.75) is 26.1 Å². The number of aliphatic hydroxyl groups excluding tert-OH is 1. The number of hydrogen-bond donors (Lipinski definition) is 1. The van der Waals surface area contributed by atoms with Crippen LogP contribution in [0.1, 0.15) is 37.4 Å². The lowest BCUT2D eigenvalue weighted by Crippen LogP contribution is -2.31. The summed E-state index contributed by atoms with van der Waals surface area (Å²) in [4.78, 5) is 33.8. The second-order valence-electron chi connectivity index (χ2n) is 8.48. The van der Waals surface area contributed by atoms with Crippen molar-refractivity contribution in [3.05, 3.63) is 104 Å². The van der Waals surface area contributed by atoms with Crippen LogP contribution in [0.2, 0.25) is 0 Å². The minimum Gasteiger partial charge on any atom is -0.503 e. The molecular weight excluding hydrogens is 521 g/mol. The molecule has 1 amide bonds. The average molecular weight is 541 g/mol. The van der Waals surface area contributed by atoms with Gasteiger partial charge in [0.15, 0.2) is 5.76 Å². The van der Waals surface area contributed by atoms with E-state index in [1.54, 1.807) is 12.3 Å². The van der Waals surface area contributed by atoms with E-state index in [4.69, 9.17) is 0 Å². The van der Waals surface area contributed by atoms with Crippen LogP contribution in [-0.2, 0) is 11.0 Å². The van der Waals surface area contributed by atoms with Gasteiger partial charge in [-0.3, -0.25) is 14.5 Å². The fraction of sp³-hybridized carbons (Fsp3) is 0.148. The van der Waals surface area contributed by atoms with Crippen LogP contribution in [0.15, 0.2) is 77.4 Å². The SMILES string of the molecule is Cc1ccsc1C1C(C(=O)c2sc(-c3ccccc3)nc2C)=C(O)C(=O)N1c1ccc(C(F)(F)F)cc1. The van der Waals surface area contributed by atoms with Gasteiger partial charge in [0, 0.05) is 16.1 Å². The van der Waals surface area contributed by atoms with E-state index in [2.05, 4.69) is 4.98 Å². The predicted molar refractivity (Wildman–Crippen MR) is 137 cm³/mol. The zero-order chi connectivity index (χ0) is 26.5. The Kier molecular flexibility index (Phi) is 6.25. The molecule has 0 saturated carbocycles. The molecule has 5 nitrogen and oxygen atoms in total. The quantitative estimate of drug-likeness (QED) is 0.270. The number of ketones is 1. The number of amides is 1. The molecule has 37 heavy (non-hydrogen) atoms. The van der Waals surface area contributed by atoms with E-state index in [9.17, 15) is 27.9 Å². The van der Waals surface area contributed by atoms with Gasteiger partial charge in [0.2, 0.25) is 5.78 Å². The van der Waals surface area contributed by atoms with Crippen LogP contribution in [0.5, 0.6) is 0 Å². The van der Waals surface area contributed by atoms with E-state index in [0.717, 1.165) is 34.6 Å². The monoisotopic (exact) mass is 540 g/mol. The molecule has 0 saturated heterocycles. The van der Waals surface area contributed by atoms with Crippen LogP contribution in [0.25, 0.3) is 10.6 Å². The van der Waals surface area contributed by atoms with Crippen LogP contribution in [0.3, 0.4) is 0 Å². The summed E-state index contributed by atoms with van der Waals surface area (Å²) in [6.07, 6.45) is -4.54. The first-order valence-electron chi connectivity index (χ1n) is 11.1. The summed E-state index contributed by atoms with van der Waals surface area (Å²) < 4.78 is 39.4. The highest BCUT2D eigenvalue weighted by Crippen LogP contribution is 2.46. The van der Waals surface area contributed by atoms with Crippen molar-refractivity contribution in [3.63, 3.8) is 0 Å². The summed E-state index contributed by atoms with van der Waals surface area (Å²) in [5.74, 6) is -2.13. The Bertz CT molecular complexity index is 1540. The number of aromatic nitrogens is 1. The zero-order valence-electron chi connectivity index (χ0n) is 19.5. The maximum Gasteiger partial charge on any atom is 0.416 e. The summed E-state index contributed by atoms with van der Waals surface area (Å²) in [5.41, 5.74) is 1.21. The average Bonchev–Trinajstić information content (AvgIpc) is 3.54. The van der Waals surface area contributed by atoms with Crippen molar-refractivity contribution >= 4 is 40.1 Å². The van der Waals surface area contributed by atoms with Crippen LogP contribution >= 0.6 is 22.7 Å². The minimum atomic E-state index is -4.54. The molecular formula is C27H19F3N2O3S2. The van der Waals surface area contributed by atoms with Gasteiger partial charge in [-0.25, -0.2) is 4.98 Å². The Labute approximate surface area is 218 Å². The first-order chi connectivity index (χ1) is 17.6. The topological polar surface area (TPSA) is 70.5 Å². The van der Waals surface area contributed by atoms with Crippen molar-refractivity contribution in [3.8, 4) is 10.6 Å². The third kappa shape index (κ3) is 4.36. The standard InChI is InChI=1S/C27H19F3N2O3S2/c1-14-12-13-36-23(14)20-19(21(33)24-15(2)31-25(37-24)16-6-4-3-5-7-16)22(34)26(35)32(20)18-10-8-17(9-11-18)27(28,29)30/h3-13,20,34H,1-2H3. The number of aliphatic hydroxyl groups is 1. The molecule has 2 aromatic carbocycles. The summed E-state index contributed by atoms with van der Waals surface area (Å²) >= 11 is 2.45. The Hall–Kier alpha value is -3.76. The predicted octanol–water partition coefficient (Wildman–Crippen LogP) is 7.29. The lowest BCUT2D eigenvalue weighted by atomic mass is 9.98. The number of halogens is 3. The molecule has 1 N–H and O–H groups in total. The van der Waals surface area contributed by atoms with Gasteiger partial charge in [0.1, 0.15) is 11.0 Å². The van der Waals surface area contributed by atoms with E-state index in [1.807, 2.05) is 43.3 Å². The van der Waals surface area contributed by atoms with E-state index < -0.39 is 35.2 Å². The molecule has 0 aliphatic carbocycles. The van der Waals surface area contributed by atoms with Gasteiger partial charge >= 0.3 is 6.18 Å². The van der Waals surface area contributed by atoms with Crippen LogP contribution in [0.4, 0.5) is 18.9 Å². The molecule has 3 heterocycles. The van der Waals surface area contributed by atoms with Crippen molar-refractivity contribution in [2.24, 2.45) is 0 Å². The number of thiophene rings is 1. The van der Waals surface area contributed by atoms with E-state index in [1.165, 1.54) is 28.4 Å². The zero-order valence-corrected chi connectivity index (χ0v) is 21.2. The fourth-order valence-corrected chi connectivity index (χ4v) is 6.31. The Morgan fingerprint density at radius 3 is 2.30 bits per heavy atom. The number of thiazole rings is 1. The maximum atomic E-state index is 13.9. The molecule has 5 rings (SSSR count). The molecule has 0 bridgehead atoms. The molecule has 0 spiro atoms. The molecule has 2 aromatic heterocycles. The molecule has 0 fully saturated rings. The third-order valence-electron chi connectivity index (χ3n) is 6.10.